The summed E-state index contributed by atoms with van der Waals surface area (Å²) < 4.78 is 126. The molecule has 228 valence electrons. The van der Waals surface area contributed by atoms with Crippen molar-refractivity contribution in [1.29, 1.82) is 0 Å². The number of carbonyl (C=O) groups excluding carboxylic acids is 2. The molecule has 2 amide bonds. The van der Waals surface area contributed by atoms with Crippen LogP contribution in [0.25, 0.3) is 16.8 Å². The van der Waals surface area contributed by atoms with Crippen molar-refractivity contribution < 1.29 is 53.8 Å². The molecule has 0 aliphatic carbocycles. The Morgan fingerprint density at radius 3 is 2.45 bits per heavy atom. The Bertz CT molecular complexity index is 1490. The fraction of sp³-hybridized carbons (Fsp3) is 0.417. The van der Waals surface area contributed by atoms with E-state index in [-0.39, 0.29) is 11.3 Å². The van der Waals surface area contributed by atoms with E-state index in [1.165, 1.54) is 0 Å². The topological polar surface area (TPSA) is 115 Å². The van der Waals surface area contributed by atoms with Crippen molar-refractivity contribution in [2.75, 3.05) is 18.8 Å². The van der Waals surface area contributed by atoms with Crippen LogP contribution in [0.15, 0.2) is 30.6 Å². The Hall–Kier alpha value is -4.25. The summed E-state index contributed by atoms with van der Waals surface area (Å²) in [6.07, 6.45) is -11.6. The molecular weight excluding hydrogens is 591 g/mol. The van der Waals surface area contributed by atoms with Gasteiger partial charge in [-0.05, 0) is 24.3 Å². The van der Waals surface area contributed by atoms with Gasteiger partial charge in [-0.25, -0.2) is 13.9 Å². The number of nitrogens with one attached hydrogen (secondary N) is 1. The zero-order valence-electron chi connectivity index (χ0n) is 21.3. The highest BCUT2D eigenvalue weighted by molar-refractivity contribution is 5.98. The Labute approximate surface area is 230 Å². The van der Waals surface area contributed by atoms with E-state index in [9.17, 15) is 49.1 Å². The summed E-state index contributed by atoms with van der Waals surface area (Å²) in [7, 11) is 0. The monoisotopic (exact) mass is 612 g/mol. The Morgan fingerprint density at radius 1 is 1.14 bits per heavy atom. The number of nitrogens with two attached hydrogens (primary N) is 1. The summed E-state index contributed by atoms with van der Waals surface area (Å²) in [5.74, 6) is -5.44. The van der Waals surface area contributed by atoms with Crippen LogP contribution in [0.3, 0.4) is 0 Å². The number of amides is 2. The second kappa shape index (κ2) is 11.2. The SMILES string of the molecule is CC(CC(=O)N1C[C@H](F)[C@H](NC(=O)c2cc(-c3cc(C(F)(F)F)c4c(N)ncnn34)ccc2OC(F)F)C1)C(F)(F)F. The Balaban J connectivity index is 1.65. The van der Waals surface area contributed by atoms with Crippen molar-refractivity contribution in [3.63, 3.8) is 0 Å². The number of likely N-dealkylation sites (tertiary alicyclic amines) is 1. The Morgan fingerprint density at radius 2 is 1.83 bits per heavy atom. The lowest BCUT2D eigenvalue weighted by atomic mass is 10.1. The molecule has 18 heteroatoms. The van der Waals surface area contributed by atoms with E-state index in [0.29, 0.717) is 6.07 Å². The second-order valence-electron chi connectivity index (χ2n) is 9.48. The number of nitrogens with zero attached hydrogens (tertiary/aromatic N) is 4. The number of rotatable bonds is 7. The molecule has 1 saturated heterocycles. The molecular formula is C24H21F9N6O3. The van der Waals surface area contributed by atoms with Gasteiger partial charge in [-0.3, -0.25) is 9.59 Å². The molecule has 3 atom stereocenters. The van der Waals surface area contributed by atoms with Gasteiger partial charge in [0.05, 0.1) is 35.3 Å². The number of carbonyl (C=O) groups is 2. The van der Waals surface area contributed by atoms with E-state index >= 15 is 0 Å². The van der Waals surface area contributed by atoms with Crippen LogP contribution in [-0.2, 0) is 11.0 Å². The number of ether oxygens (including phenoxy) is 1. The average molecular weight is 612 g/mol. The molecule has 1 unspecified atom stereocenters. The summed E-state index contributed by atoms with van der Waals surface area (Å²) >= 11 is 0. The van der Waals surface area contributed by atoms with Gasteiger partial charge in [0.15, 0.2) is 5.82 Å². The van der Waals surface area contributed by atoms with Crippen molar-refractivity contribution in [1.82, 2.24) is 24.8 Å². The maximum absolute atomic E-state index is 14.7. The standard InChI is InChI=1S/C24H21F9N6O3/c1-10(23(28,29)30)4-18(40)38-7-14(25)15(8-38)37-21(41)12-5-11(2-3-17(12)42-22(26)27)16-6-13(24(31,32)33)19-20(34)35-9-36-39(16)19/h2-3,5-6,9-10,14-15,22H,4,7-8H2,1H3,(H,37,41)(H2,34,35,36)/t10?,14-,15+/m0/s1. The van der Waals surface area contributed by atoms with Gasteiger partial charge in [-0.1, -0.05) is 6.92 Å². The first-order valence-corrected chi connectivity index (χ1v) is 12.1. The minimum Gasteiger partial charge on any atom is -0.434 e. The largest absolute Gasteiger partial charge is 0.434 e. The van der Waals surface area contributed by atoms with Crippen LogP contribution in [0.1, 0.15) is 29.3 Å². The third kappa shape index (κ3) is 6.30. The highest BCUT2D eigenvalue weighted by Crippen LogP contribution is 2.39. The van der Waals surface area contributed by atoms with Crippen LogP contribution in [0.2, 0.25) is 0 Å². The van der Waals surface area contributed by atoms with Crippen LogP contribution in [0.5, 0.6) is 5.75 Å². The zero-order valence-corrected chi connectivity index (χ0v) is 21.3. The number of hydrogen-bond donors (Lipinski definition) is 2. The molecule has 0 saturated carbocycles. The maximum Gasteiger partial charge on any atom is 0.418 e. The first-order valence-electron chi connectivity index (χ1n) is 12.1. The van der Waals surface area contributed by atoms with E-state index < -0.39 is 96.6 Å². The van der Waals surface area contributed by atoms with Crippen LogP contribution in [-0.4, -0.2) is 69.4 Å². The molecule has 3 aromatic rings. The number of nitrogen functional groups attached to an aromatic ring is 1. The summed E-state index contributed by atoms with van der Waals surface area (Å²) in [5, 5.41) is 5.96. The Kier molecular flexibility index (Phi) is 8.19. The summed E-state index contributed by atoms with van der Waals surface area (Å²) in [6.45, 7) is -3.80. The number of fused-ring (bicyclic) bond motifs is 1. The van der Waals surface area contributed by atoms with Gasteiger partial charge in [0.1, 0.15) is 23.8 Å². The molecule has 1 aliphatic heterocycles. The molecule has 0 radical (unpaired) electrons. The molecule has 3 N–H and O–H groups in total. The molecule has 9 nitrogen and oxygen atoms in total. The first kappa shape index (κ1) is 30.7. The molecule has 42 heavy (non-hydrogen) atoms. The zero-order chi connectivity index (χ0) is 31.1. The van der Waals surface area contributed by atoms with Gasteiger partial charge in [-0.15, -0.1) is 0 Å². The van der Waals surface area contributed by atoms with Gasteiger partial charge in [0.2, 0.25) is 5.91 Å². The first-order chi connectivity index (χ1) is 19.5. The van der Waals surface area contributed by atoms with Gasteiger partial charge >= 0.3 is 19.0 Å². The summed E-state index contributed by atoms with van der Waals surface area (Å²) in [4.78, 5) is 29.7. The third-order valence-corrected chi connectivity index (χ3v) is 6.58. The number of anilines is 1. The normalized spacial score (nSPS) is 18.5. The fourth-order valence-electron chi connectivity index (χ4n) is 4.41. The van der Waals surface area contributed by atoms with Gasteiger partial charge < -0.3 is 20.7 Å². The van der Waals surface area contributed by atoms with E-state index in [1.807, 2.05) is 0 Å². The number of hydrogen-bond acceptors (Lipinski definition) is 6. The molecule has 1 aliphatic rings. The van der Waals surface area contributed by atoms with Crippen LogP contribution >= 0.6 is 0 Å². The number of alkyl halides is 9. The van der Waals surface area contributed by atoms with Gasteiger partial charge in [0, 0.05) is 18.5 Å². The third-order valence-electron chi connectivity index (χ3n) is 6.58. The smallest absolute Gasteiger partial charge is 0.418 e. The van der Waals surface area contributed by atoms with Gasteiger partial charge in [-0.2, -0.15) is 40.2 Å². The van der Waals surface area contributed by atoms with Crippen LogP contribution < -0.4 is 15.8 Å². The second-order valence-corrected chi connectivity index (χ2v) is 9.48. The highest BCUT2D eigenvalue weighted by atomic mass is 19.4. The molecule has 0 spiro atoms. The van der Waals surface area contributed by atoms with E-state index in [1.54, 1.807) is 0 Å². The molecule has 1 aromatic carbocycles. The molecule has 3 heterocycles. The number of benzene rings is 1. The summed E-state index contributed by atoms with van der Waals surface area (Å²) in [5.41, 5.74) is 2.78. The molecule has 1 fully saturated rings. The predicted molar refractivity (Wildman–Crippen MR) is 127 cm³/mol. The minimum atomic E-state index is -4.90. The molecule has 2 aromatic heterocycles. The lowest BCUT2D eigenvalue weighted by Crippen LogP contribution is -2.42. The van der Waals surface area contributed by atoms with Crippen molar-refractivity contribution in [2.24, 2.45) is 5.92 Å². The molecule has 0 bridgehead atoms. The minimum absolute atomic E-state index is 0.133. The van der Waals surface area contributed by atoms with E-state index in [4.69, 9.17) is 5.73 Å². The maximum atomic E-state index is 14.7. The number of aromatic nitrogens is 3. The van der Waals surface area contributed by atoms with Crippen LogP contribution in [0, 0.1) is 5.92 Å². The van der Waals surface area contributed by atoms with Crippen molar-refractivity contribution in [3.05, 3.63) is 41.7 Å². The van der Waals surface area contributed by atoms with E-state index in [2.05, 4.69) is 20.1 Å². The average Bonchev–Trinajstić information content (AvgIpc) is 3.45. The van der Waals surface area contributed by atoms with Crippen LogP contribution in [0.4, 0.5) is 45.3 Å². The lowest BCUT2D eigenvalue weighted by molar-refractivity contribution is -0.176. The molecule has 4 rings (SSSR count). The van der Waals surface area contributed by atoms with Crippen molar-refractivity contribution in [3.8, 4) is 17.0 Å². The highest BCUT2D eigenvalue weighted by Gasteiger charge is 2.42. The van der Waals surface area contributed by atoms with Crippen molar-refractivity contribution >= 4 is 23.1 Å². The van der Waals surface area contributed by atoms with E-state index in [0.717, 1.165) is 40.9 Å². The quantitative estimate of drug-likeness (QED) is 0.381. The lowest BCUT2D eigenvalue weighted by Gasteiger charge is -2.20. The fourth-order valence-corrected chi connectivity index (χ4v) is 4.41. The van der Waals surface area contributed by atoms with Crippen molar-refractivity contribution in [2.45, 2.75) is 44.5 Å². The predicted octanol–water partition coefficient (Wildman–Crippen LogP) is 4.47. The number of halogens is 9. The van der Waals surface area contributed by atoms with Gasteiger partial charge in [0.25, 0.3) is 5.91 Å². The summed E-state index contributed by atoms with van der Waals surface area (Å²) in [6, 6.07) is 2.08.